The molecule has 3 aromatic carbocycles. The van der Waals surface area contributed by atoms with Crippen molar-refractivity contribution in [1.82, 2.24) is 4.98 Å². The molecular formula is C25H15Cl2NO4. The number of carbonyl (C=O) groups excluding carboxylic acids is 1. The monoisotopic (exact) mass is 463 g/mol. The fourth-order valence-electron chi connectivity index (χ4n) is 3.62. The van der Waals surface area contributed by atoms with Crippen molar-refractivity contribution < 1.29 is 13.9 Å². The summed E-state index contributed by atoms with van der Waals surface area (Å²) in [5, 5.41) is 1.81. The zero-order valence-corrected chi connectivity index (χ0v) is 18.0. The molecule has 5 nitrogen and oxygen atoms in total. The highest BCUT2D eigenvalue weighted by Gasteiger charge is 2.21. The molecule has 158 valence electrons. The summed E-state index contributed by atoms with van der Waals surface area (Å²) < 4.78 is 11.8. The van der Waals surface area contributed by atoms with Crippen molar-refractivity contribution in [2.24, 2.45) is 0 Å². The number of fused-ring (bicyclic) bond motifs is 2. The van der Waals surface area contributed by atoms with Crippen LogP contribution in [0.3, 0.4) is 0 Å². The van der Waals surface area contributed by atoms with Gasteiger partial charge in [-0.1, -0.05) is 53.5 Å². The molecular weight excluding hydrogens is 449 g/mol. The highest BCUT2D eigenvalue weighted by atomic mass is 35.5. The summed E-state index contributed by atoms with van der Waals surface area (Å²) in [5.74, 6) is -0.221. The Kier molecular flexibility index (Phi) is 5.21. The van der Waals surface area contributed by atoms with Crippen LogP contribution < -0.4 is 10.2 Å². The first-order chi connectivity index (χ1) is 15.5. The maximum Gasteiger partial charge on any atom is 0.235 e. The van der Waals surface area contributed by atoms with Crippen molar-refractivity contribution in [1.29, 1.82) is 0 Å². The largest absolute Gasteiger partial charge is 0.478 e. The minimum absolute atomic E-state index is 0.0962. The number of para-hydroxylation sites is 1. The Balaban J connectivity index is 1.59. The predicted octanol–water partition coefficient (Wildman–Crippen LogP) is 6.51. The Hall–Kier alpha value is -3.54. The maximum absolute atomic E-state index is 13.3. The van der Waals surface area contributed by atoms with Gasteiger partial charge in [0.15, 0.2) is 12.4 Å². The molecule has 1 N–H and O–H groups in total. The van der Waals surface area contributed by atoms with Crippen molar-refractivity contribution >= 4 is 50.9 Å². The highest BCUT2D eigenvalue weighted by Crippen LogP contribution is 2.35. The summed E-state index contributed by atoms with van der Waals surface area (Å²) in [4.78, 5) is 29.3. The Morgan fingerprint density at radius 1 is 0.969 bits per heavy atom. The molecule has 0 aliphatic rings. The van der Waals surface area contributed by atoms with Crippen LogP contribution in [-0.2, 0) is 0 Å². The minimum atomic E-state index is -0.435. The third-order valence-electron chi connectivity index (χ3n) is 5.17. The molecule has 2 heterocycles. The van der Waals surface area contributed by atoms with Crippen LogP contribution in [0.2, 0.25) is 10.0 Å². The number of hydrogen-bond donors (Lipinski definition) is 1. The zero-order valence-electron chi connectivity index (χ0n) is 16.5. The summed E-state index contributed by atoms with van der Waals surface area (Å²) >= 11 is 12.4. The molecule has 0 unspecified atom stereocenters. The van der Waals surface area contributed by atoms with E-state index in [2.05, 4.69) is 4.98 Å². The molecule has 0 aliphatic heterocycles. The van der Waals surface area contributed by atoms with Gasteiger partial charge in [0.1, 0.15) is 5.58 Å². The predicted molar refractivity (Wildman–Crippen MR) is 126 cm³/mol. The third-order valence-corrected chi connectivity index (χ3v) is 5.73. The van der Waals surface area contributed by atoms with Gasteiger partial charge in [0.05, 0.1) is 10.4 Å². The second-order valence-corrected chi connectivity index (χ2v) is 8.01. The van der Waals surface area contributed by atoms with E-state index in [1.54, 1.807) is 42.6 Å². The van der Waals surface area contributed by atoms with E-state index in [0.29, 0.717) is 26.8 Å². The molecule has 0 amide bonds. The molecule has 0 fully saturated rings. The number of carbonyl (C=O) groups is 1. The first kappa shape index (κ1) is 20.4. The summed E-state index contributed by atoms with van der Waals surface area (Å²) in [5.41, 5.74) is 1.71. The molecule has 2 aromatic heterocycles. The lowest BCUT2D eigenvalue weighted by atomic mass is 10.1. The minimum Gasteiger partial charge on any atom is -0.478 e. The number of hydrogen-bond acceptors (Lipinski definition) is 4. The summed E-state index contributed by atoms with van der Waals surface area (Å²) in [6.45, 7) is -0.351. The second-order valence-electron chi connectivity index (χ2n) is 7.17. The van der Waals surface area contributed by atoms with E-state index in [9.17, 15) is 9.59 Å². The van der Waals surface area contributed by atoms with E-state index >= 15 is 0 Å². The second kappa shape index (κ2) is 8.19. The number of aromatic nitrogens is 1. The number of aromatic amines is 1. The number of H-pyrrole nitrogens is 1. The van der Waals surface area contributed by atoms with E-state index in [0.717, 1.165) is 10.9 Å². The van der Waals surface area contributed by atoms with Crippen LogP contribution in [0.1, 0.15) is 10.4 Å². The molecule has 0 atom stereocenters. The number of halogens is 2. The summed E-state index contributed by atoms with van der Waals surface area (Å²) in [6.07, 6.45) is 1.63. The van der Waals surface area contributed by atoms with Crippen LogP contribution in [0.15, 0.2) is 82.1 Å². The average molecular weight is 464 g/mol. The number of nitrogens with one attached hydrogen (secondary N) is 1. The molecule has 0 saturated carbocycles. The van der Waals surface area contributed by atoms with Crippen molar-refractivity contribution in [3.63, 3.8) is 0 Å². The molecule has 5 aromatic rings. The van der Waals surface area contributed by atoms with Gasteiger partial charge in [0.2, 0.25) is 17.0 Å². The first-order valence-corrected chi connectivity index (χ1v) is 10.5. The van der Waals surface area contributed by atoms with Crippen molar-refractivity contribution in [3.8, 4) is 17.1 Å². The smallest absolute Gasteiger partial charge is 0.235 e. The van der Waals surface area contributed by atoms with Crippen molar-refractivity contribution in [3.05, 3.63) is 98.8 Å². The lowest BCUT2D eigenvalue weighted by molar-refractivity contribution is 0.0922. The molecule has 0 bridgehead atoms. The summed E-state index contributed by atoms with van der Waals surface area (Å²) in [6, 6.07) is 19.2. The van der Waals surface area contributed by atoms with Gasteiger partial charge in [-0.3, -0.25) is 9.59 Å². The number of rotatable bonds is 5. The van der Waals surface area contributed by atoms with Crippen molar-refractivity contribution in [2.45, 2.75) is 0 Å². The Morgan fingerprint density at radius 3 is 2.59 bits per heavy atom. The average Bonchev–Trinajstić information content (AvgIpc) is 3.23. The van der Waals surface area contributed by atoms with Crippen LogP contribution in [0.25, 0.3) is 33.2 Å². The molecule has 0 aliphatic carbocycles. The SMILES string of the molecule is O=C(COc1c(-c2ccccc2Cl)oc2ccc(Cl)cc2c1=O)c1c[nH]c2ccccc12. The van der Waals surface area contributed by atoms with Crippen LogP contribution >= 0.6 is 23.2 Å². The first-order valence-electron chi connectivity index (χ1n) is 9.76. The fraction of sp³-hybridized carbons (Fsp3) is 0.0400. The fourth-order valence-corrected chi connectivity index (χ4v) is 4.02. The van der Waals surface area contributed by atoms with Crippen molar-refractivity contribution in [2.75, 3.05) is 6.61 Å². The lowest BCUT2D eigenvalue weighted by Gasteiger charge is -2.12. The van der Waals surface area contributed by atoms with E-state index in [1.165, 1.54) is 6.07 Å². The Bertz CT molecular complexity index is 1550. The van der Waals surface area contributed by atoms with E-state index in [4.69, 9.17) is 32.4 Å². The zero-order chi connectivity index (χ0) is 22.2. The standard InChI is InChI=1S/C25H15Cl2NO4/c26-14-9-10-22-17(11-14)23(30)25(24(32-22)16-6-1-3-7-19(16)27)31-13-21(29)18-12-28-20-8-4-2-5-15(18)20/h1-12,28H,13H2. The van der Waals surface area contributed by atoms with Gasteiger partial charge in [0.25, 0.3) is 0 Å². The van der Waals surface area contributed by atoms with Crippen LogP contribution in [0.5, 0.6) is 5.75 Å². The molecule has 7 heteroatoms. The van der Waals surface area contributed by atoms with Crippen LogP contribution in [0.4, 0.5) is 0 Å². The summed E-state index contributed by atoms with van der Waals surface area (Å²) in [7, 11) is 0. The number of benzene rings is 3. The van der Waals surface area contributed by atoms with E-state index in [-0.39, 0.29) is 29.3 Å². The maximum atomic E-state index is 13.3. The molecule has 5 rings (SSSR count). The Labute approximate surface area is 192 Å². The van der Waals surface area contributed by atoms with E-state index < -0.39 is 5.43 Å². The highest BCUT2D eigenvalue weighted by molar-refractivity contribution is 6.33. The van der Waals surface area contributed by atoms with Gasteiger partial charge in [0, 0.05) is 33.2 Å². The van der Waals surface area contributed by atoms with Gasteiger partial charge in [-0.05, 0) is 36.4 Å². The van der Waals surface area contributed by atoms with Gasteiger partial charge in [-0.15, -0.1) is 0 Å². The molecule has 0 saturated heterocycles. The molecule has 0 spiro atoms. The third kappa shape index (κ3) is 3.55. The molecule has 0 radical (unpaired) electrons. The lowest BCUT2D eigenvalue weighted by Crippen LogP contribution is -2.17. The molecule has 32 heavy (non-hydrogen) atoms. The number of ketones is 1. The van der Waals surface area contributed by atoms with E-state index in [1.807, 2.05) is 24.3 Å². The normalized spacial score (nSPS) is 11.2. The van der Waals surface area contributed by atoms with Crippen LogP contribution in [0, 0.1) is 0 Å². The quantitative estimate of drug-likeness (QED) is 0.301. The van der Waals surface area contributed by atoms with Gasteiger partial charge >= 0.3 is 0 Å². The van der Waals surface area contributed by atoms with Gasteiger partial charge < -0.3 is 14.1 Å². The van der Waals surface area contributed by atoms with Gasteiger partial charge in [-0.25, -0.2) is 0 Å². The Morgan fingerprint density at radius 2 is 1.75 bits per heavy atom. The number of Topliss-reactive ketones (excluding diaryl/α,β-unsaturated/α-hetero) is 1. The number of ether oxygens (including phenoxy) is 1. The van der Waals surface area contributed by atoms with Crippen LogP contribution in [-0.4, -0.2) is 17.4 Å². The topological polar surface area (TPSA) is 72.3 Å². The van der Waals surface area contributed by atoms with Gasteiger partial charge in [-0.2, -0.15) is 0 Å².